The molecular formula is C18H17ClN6O. The number of fused-ring (bicyclic) bond motifs is 1. The topological polar surface area (TPSA) is 95.6 Å². The van der Waals surface area contributed by atoms with Gasteiger partial charge in [0.25, 0.3) is 5.91 Å². The van der Waals surface area contributed by atoms with Gasteiger partial charge in [0.15, 0.2) is 5.82 Å². The summed E-state index contributed by atoms with van der Waals surface area (Å²) >= 11 is 6.06. The molecule has 0 aliphatic heterocycles. The van der Waals surface area contributed by atoms with Gasteiger partial charge in [-0.25, -0.2) is 15.0 Å². The number of halogens is 1. The molecule has 0 spiro atoms. The lowest BCUT2D eigenvalue weighted by Crippen LogP contribution is -2.25. The first-order chi connectivity index (χ1) is 12.7. The van der Waals surface area contributed by atoms with Crippen LogP contribution in [-0.4, -0.2) is 38.9 Å². The number of hydrogen-bond donors (Lipinski definition) is 3. The average Bonchev–Trinajstić information content (AvgIpc) is 3.09. The largest absolute Gasteiger partial charge is 0.355 e. The van der Waals surface area contributed by atoms with E-state index in [1.165, 1.54) is 0 Å². The Balaban J connectivity index is 1.51. The first-order valence-corrected chi connectivity index (χ1v) is 8.52. The number of rotatable bonds is 5. The minimum atomic E-state index is -0.294. The van der Waals surface area contributed by atoms with Gasteiger partial charge in [-0.2, -0.15) is 0 Å². The predicted octanol–water partition coefficient (Wildman–Crippen LogP) is 2.61. The van der Waals surface area contributed by atoms with Crippen molar-refractivity contribution in [2.24, 2.45) is 0 Å². The van der Waals surface area contributed by atoms with Crippen molar-refractivity contribution in [1.29, 1.82) is 0 Å². The second-order valence-electron chi connectivity index (χ2n) is 5.35. The van der Waals surface area contributed by atoms with Crippen LogP contribution in [0.1, 0.15) is 29.5 Å². The van der Waals surface area contributed by atoms with Crippen molar-refractivity contribution in [3.63, 3.8) is 0 Å². The van der Waals surface area contributed by atoms with E-state index in [4.69, 9.17) is 11.6 Å². The fourth-order valence-corrected chi connectivity index (χ4v) is 2.45. The molecule has 2 heterocycles. The van der Waals surface area contributed by atoms with E-state index in [1.807, 2.05) is 13.0 Å². The maximum Gasteiger partial charge on any atom is 0.287 e. The molecule has 1 amide bonds. The molecule has 0 aliphatic carbocycles. The zero-order valence-corrected chi connectivity index (χ0v) is 14.9. The molecule has 0 saturated heterocycles. The number of nitrogens with zero attached hydrogens (tertiary/aromatic N) is 3. The fourth-order valence-electron chi connectivity index (χ4n) is 2.23. The van der Waals surface area contributed by atoms with Crippen LogP contribution in [0.3, 0.4) is 0 Å². The number of carbonyl (C=O) groups excluding carboxylic acids is 1. The van der Waals surface area contributed by atoms with E-state index >= 15 is 0 Å². The molecule has 8 heteroatoms. The van der Waals surface area contributed by atoms with Gasteiger partial charge in [-0.1, -0.05) is 29.5 Å². The third-order valence-corrected chi connectivity index (χ3v) is 3.74. The third-order valence-electron chi connectivity index (χ3n) is 3.43. The monoisotopic (exact) mass is 368 g/mol. The molecular weight excluding hydrogens is 352 g/mol. The third kappa shape index (κ3) is 4.29. The summed E-state index contributed by atoms with van der Waals surface area (Å²) < 4.78 is 0. The number of anilines is 1. The van der Waals surface area contributed by atoms with E-state index in [-0.39, 0.29) is 11.7 Å². The molecule has 0 bridgehead atoms. The number of para-hydroxylation sites is 1. The standard InChI is InChI=1S/C18H17ClN6O/c1-2-20-18-22-10-12(11-23-18)6-3-4-9-21-17(26)16-24-14-8-5-7-13(19)15(14)25-16/h5,7-8,10-11H,2,4,9H2,1H3,(H,21,26)(H,24,25)(H,20,22,23). The zero-order chi connectivity index (χ0) is 18.4. The average molecular weight is 369 g/mol. The van der Waals surface area contributed by atoms with Crippen LogP contribution >= 0.6 is 11.6 Å². The summed E-state index contributed by atoms with van der Waals surface area (Å²) in [7, 11) is 0. The van der Waals surface area contributed by atoms with Crippen molar-refractivity contribution in [1.82, 2.24) is 25.3 Å². The quantitative estimate of drug-likeness (QED) is 0.475. The van der Waals surface area contributed by atoms with Crippen LogP contribution in [-0.2, 0) is 0 Å². The number of benzene rings is 1. The lowest BCUT2D eigenvalue weighted by molar-refractivity contribution is 0.0945. The van der Waals surface area contributed by atoms with Crippen molar-refractivity contribution >= 4 is 34.5 Å². The predicted molar refractivity (Wildman–Crippen MR) is 101 cm³/mol. The van der Waals surface area contributed by atoms with Crippen LogP contribution < -0.4 is 10.6 Å². The van der Waals surface area contributed by atoms with E-state index in [0.717, 1.165) is 17.6 Å². The molecule has 1 aromatic carbocycles. The lowest BCUT2D eigenvalue weighted by atomic mass is 10.3. The molecule has 2 aromatic heterocycles. The Morgan fingerprint density at radius 1 is 1.31 bits per heavy atom. The highest BCUT2D eigenvalue weighted by atomic mass is 35.5. The molecule has 0 radical (unpaired) electrons. The first-order valence-electron chi connectivity index (χ1n) is 8.14. The summed E-state index contributed by atoms with van der Waals surface area (Å²) in [6, 6.07) is 5.35. The summed E-state index contributed by atoms with van der Waals surface area (Å²) in [6.45, 7) is 3.15. The first kappa shape index (κ1) is 17.7. The Bertz CT molecular complexity index is 971. The molecule has 0 unspecified atom stereocenters. The molecule has 7 nitrogen and oxygen atoms in total. The Morgan fingerprint density at radius 3 is 2.85 bits per heavy atom. The van der Waals surface area contributed by atoms with Crippen LogP contribution in [0.25, 0.3) is 11.0 Å². The van der Waals surface area contributed by atoms with E-state index in [0.29, 0.717) is 29.5 Å². The Hall–Kier alpha value is -3.11. The summed E-state index contributed by atoms with van der Waals surface area (Å²) in [5.74, 6) is 6.46. The Kier molecular flexibility index (Phi) is 5.66. The summed E-state index contributed by atoms with van der Waals surface area (Å²) in [6.07, 6.45) is 3.82. The Labute approximate surface area is 155 Å². The van der Waals surface area contributed by atoms with E-state index in [2.05, 4.69) is 42.4 Å². The van der Waals surface area contributed by atoms with Gasteiger partial charge in [0, 0.05) is 31.9 Å². The number of carbonyl (C=O) groups is 1. The van der Waals surface area contributed by atoms with Crippen molar-refractivity contribution in [3.05, 3.63) is 47.0 Å². The van der Waals surface area contributed by atoms with Gasteiger partial charge in [0.05, 0.1) is 16.1 Å². The molecule has 3 aromatic rings. The molecule has 3 N–H and O–H groups in total. The number of nitrogens with one attached hydrogen (secondary N) is 3. The molecule has 0 fully saturated rings. The van der Waals surface area contributed by atoms with Crippen LogP contribution in [0.15, 0.2) is 30.6 Å². The summed E-state index contributed by atoms with van der Waals surface area (Å²) in [4.78, 5) is 27.6. The Morgan fingerprint density at radius 2 is 2.12 bits per heavy atom. The maximum atomic E-state index is 12.1. The molecule has 26 heavy (non-hydrogen) atoms. The second-order valence-corrected chi connectivity index (χ2v) is 5.76. The maximum absolute atomic E-state index is 12.1. The normalized spacial score (nSPS) is 10.2. The van der Waals surface area contributed by atoms with Crippen LogP contribution in [0.5, 0.6) is 0 Å². The highest BCUT2D eigenvalue weighted by Crippen LogP contribution is 2.20. The second kappa shape index (κ2) is 8.32. The van der Waals surface area contributed by atoms with Gasteiger partial charge < -0.3 is 15.6 Å². The van der Waals surface area contributed by atoms with Gasteiger partial charge in [0.2, 0.25) is 5.95 Å². The van der Waals surface area contributed by atoms with Gasteiger partial charge in [-0.05, 0) is 19.1 Å². The highest BCUT2D eigenvalue weighted by Gasteiger charge is 2.12. The zero-order valence-electron chi connectivity index (χ0n) is 14.1. The van der Waals surface area contributed by atoms with Crippen molar-refractivity contribution in [2.45, 2.75) is 13.3 Å². The van der Waals surface area contributed by atoms with E-state index < -0.39 is 0 Å². The van der Waals surface area contributed by atoms with Crippen LogP contribution in [0.4, 0.5) is 5.95 Å². The molecule has 0 aliphatic rings. The number of imidazole rings is 1. The van der Waals surface area contributed by atoms with Crippen molar-refractivity contribution < 1.29 is 4.79 Å². The number of aromatic amines is 1. The van der Waals surface area contributed by atoms with Crippen LogP contribution in [0, 0.1) is 11.8 Å². The fraction of sp³-hybridized carbons (Fsp3) is 0.222. The summed E-state index contributed by atoms with van der Waals surface area (Å²) in [5.41, 5.74) is 2.04. The van der Waals surface area contributed by atoms with Gasteiger partial charge in [0.1, 0.15) is 5.52 Å². The number of H-pyrrole nitrogens is 1. The van der Waals surface area contributed by atoms with E-state index in [1.54, 1.807) is 24.5 Å². The highest BCUT2D eigenvalue weighted by molar-refractivity contribution is 6.35. The molecule has 132 valence electrons. The van der Waals surface area contributed by atoms with Gasteiger partial charge in [-0.3, -0.25) is 4.79 Å². The molecule has 3 rings (SSSR count). The summed E-state index contributed by atoms with van der Waals surface area (Å²) in [5, 5.41) is 6.29. The van der Waals surface area contributed by atoms with Gasteiger partial charge in [-0.15, -0.1) is 0 Å². The molecule has 0 atom stereocenters. The minimum absolute atomic E-state index is 0.230. The smallest absolute Gasteiger partial charge is 0.287 e. The SMILES string of the molecule is CCNc1ncc(C#CCCNC(=O)c2nc3c(Cl)cccc3[nH]2)cn1. The number of aromatic nitrogens is 4. The number of hydrogen-bond acceptors (Lipinski definition) is 5. The lowest BCUT2D eigenvalue weighted by Gasteiger charge is -1.99. The molecule has 0 saturated carbocycles. The number of amides is 1. The van der Waals surface area contributed by atoms with Crippen LogP contribution in [0.2, 0.25) is 5.02 Å². The van der Waals surface area contributed by atoms with Gasteiger partial charge >= 0.3 is 0 Å². The van der Waals surface area contributed by atoms with Crippen molar-refractivity contribution in [2.75, 3.05) is 18.4 Å². The van der Waals surface area contributed by atoms with E-state index in [9.17, 15) is 4.79 Å². The van der Waals surface area contributed by atoms with Crippen molar-refractivity contribution in [3.8, 4) is 11.8 Å². The minimum Gasteiger partial charge on any atom is -0.355 e.